The highest BCUT2D eigenvalue weighted by Gasteiger charge is 2.13. The van der Waals surface area contributed by atoms with Gasteiger partial charge in [-0.15, -0.1) is 0 Å². The van der Waals surface area contributed by atoms with Gasteiger partial charge in [0.05, 0.1) is 12.7 Å². The Morgan fingerprint density at radius 1 is 1.03 bits per heavy atom. The van der Waals surface area contributed by atoms with E-state index in [1.165, 1.54) is 13.2 Å². The van der Waals surface area contributed by atoms with Crippen molar-refractivity contribution in [1.82, 2.24) is 0 Å². The van der Waals surface area contributed by atoms with Crippen LogP contribution in [0.5, 0.6) is 5.75 Å². The number of ether oxygens (including phenoxy) is 3. The fraction of sp³-hybridized carbons (Fsp3) is 0.318. The first-order valence-corrected chi connectivity index (χ1v) is 9.18. The molecule has 0 atom stereocenters. The maximum Gasteiger partial charge on any atom is 0.344 e. The average molecular weight is 399 g/mol. The Morgan fingerprint density at radius 2 is 1.76 bits per heavy atom. The van der Waals surface area contributed by atoms with Crippen LogP contribution in [0.15, 0.2) is 42.5 Å². The number of esters is 2. The summed E-state index contributed by atoms with van der Waals surface area (Å²) < 4.78 is 15.2. The van der Waals surface area contributed by atoms with Gasteiger partial charge < -0.3 is 19.5 Å². The molecule has 7 heteroatoms. The van der Waals surface area contributed by atoms with Gasteiger partial charge in [0.25, 0.3) is 5.91 Å². The molecule has 0 saturated carbocycles. The fourth-order valence-corrected chi connectivity index (χ4v) is 2.60. The van der Waals surface area contributed by atoms with Crippen LogP contribution in [0.2, 0.25) is 0 Å². The molecule has 0 aliphatic heterocycles. The van der Waals surface area contributed by atoms with Crippen molar-refractivity contribution < 1.29 is 28.6 Å². The second-order valence-electron chi connectivity index (χ2n) is 6.71. The van der Waals surface area contributed by atoms with Gasteiger partial charge in [0.15, 0.2) is 13.2 Å². The third-order valence-corrected chi connectivity index (χ3v) is 4.18. The van der Waals surface area contributed by atoms with E-state index < -0.39 is 24.5 Å². The highest BCUT2D eigenvalue weighted by Crippen LogP contribution is 2.25. The van der Waals surface area contributed by atoms with Crippen molar-refractivity contribution in [2.24, 2.45) is 0 Å². The predicted molar refractivity (Wildman–Crippen MR) is 108 cm³/mol. The number of hydrogen-bond donors (Lipinski definition) is 1. The third-order valence-electron chi connectivity index (χ3n) is 4.18. The molecule has 0 bridgehead atoms. The topological polar surface area (TPSA) is 90.9 Å². The van der Waals surface area contributed by atoms with Crippen molar-refractivity contribution in [1.29, 1.82) is 0 Å². The number of carbonyl (C=O) groups excluding carboxylic acids is 3. The Balaban J connectivity index is 1.87. The molecular weight excluding hydrogens is 374 g/mol. The number of rotatable bonds is 8. The average Bonchev–Trinajstić information content (AvgIpc) is 2.71. The zero-order valence-electron chi connectivity index (χ0n) is 17.0. The molecule has 0 fully saturated rings. The van der Waals surface area contributed by atoms with Crippen LogP contribution in [-0.2, 0) is 19.1 Å². The first kappa shape index (κ1) is 21.9. The van der Waals surface area contributed by atoms with Crippen molar-refractivity contribution in [3.8, 4) is 5.75 Å². The van der Waals surface area contributed by atoms with E-state index in [0.29, 0.717) is 17.0 Å². The number of nitrogens with one attached hydrogen (secondary N) is 1. The quantitative estimate of drug-likeness (QED) is 0.684. The number of aryl methyl sites for hydroxylation is 1. The molecule has 1 N–H and O–H groups in total. The SMILES string of the molecule is COC(=O)c1ccc(C)c(NC(=O)COC(=O)COc2ccccc2C(C)C)c1. The molecule has 0 saturated heterocycles. The Morgan fingerprint density at radius 3 is 2.45 bits per heavy atom. The van der Waals surface area contributed by atoms with E-state index >= 15 is 0 Å². The summed E-state index contributed by atoms with van der Waals surface area (Å²) >= 11 is 0. The van der Waals surface area contributed by atoms with Gasteiger partial charge in [-0.1, -0.05) is 38.1 Å². The van der Waals surface area contributed by atoms with Gasteiger partial charge >= 0.3 is 11.9 Å². The minimum absolute atomic E-state index is 0.247. The number of amides is 1. The van der Waals surface area contributed by atoms with Gasteiger partial charge in [0.1, 0.15) is 5.75 Å². The third kappa shape index (κ3) is 6.34. The molecule has 0 spiro atoms. The second-order valence-corrected chi connectivity index (χ2v) is 6.71. The molecule has 2 aromatic rings. The minimum Gasteiger partial charge on any atom is -0.482 e. The first-order chi connectivity index (χ1) is 13.8. The molecule has 154 valence electrons. The summed E-state index contributed by atoms with van der Waals surface area (Å²) in [5, 5.41) is 2.62. The van der Waals surface area contributed by atoms with Crippen molar-refractivity contribution in [2.45, 2.75) is 26.7 Å². The Labute approximate surface area is 170 Å². The maximum absolute atomic E-state index is 12.1. The summed E-state index contributed by atoms with van der Waals surface area (Å²) in [4.78, 5) is 35.6. The monoisotopic (exact) mass is 399 g/mol. The summed E-state index contributed by atoms with van der Waals surface area (Å²) in [6, 6.07) is 12.2. The largest absolute Gasteiger partial charge is 0.482 e. The van der Waals surface area contributed by atoms with Crippen LogP contribution >= 0.6 is 0 Å². The highest BCUT2D eigenvalue weighted by molar-refractivity contribution is 5.96. The minimum atomic E-state index is -0.654. The van der Waals surface area contributed by atoms with E-state index in [4.69, 9.17) is 9.47 Å². The summed E-state index contributed by atoms with van der Waals surface area (Å²) in [6.07, 6.45) is 0. The molecule has 7 nitrogen and oxygen atoms in total. The number of carbonyl (C=O) groups is 3. The standard InChI is InChI=1S/C22H25NO6/c1-14(2)17-7-5-6-8-19(17)28-13-21(25)29-12-20(24)23-18-11-16(22(26)27-4)10-9-15(18)3/h5-11,14H,12-13H2,1-4H3,(H,23,24). The van der Waals surface area contributed by atoms with Gasteiger partial charge in [-0.25, -0.2) is 9.59 Å². The zero-order valence-corrected chi connectivity index (χ0v) is 17.0. The van der Waals surface area contributed by atoms with E-state index in [2.05, 4.69) is 10.1 Å². The molecule has 0 unspecified atom stereocenters. The van der Waals surface area contributed by atoms with Crippen molar-refractivity contribution in [3.05, 3.63) is 59.2 Å². The van der Waals surface area contributed by atoms with Crippen LogP contribution in [0.25, 0.3) is 0 Å². The Hall–Kier alpha value is -3.35. The van der Waals surface area contributed by atoms with Crippen LogP contribution in [0.3, 0.4) is 0 Å². The van der Waals surface area contributed by atoms with E-state index in [1.807, 2.05) is 32.0 Å². The number of benzene rings is 2. The summed E-state index contributed by atoms with van der Waals surface area (Å²) in [5.74, 6) is -0.827. The molecular formula is C22H25NO6. The van der Waals surface area contributed by atoms with E-state index in [-0.39, 0.29) is 12.5 Å². The molecule has 0 aromatic heterocycles. The van der Waals surface area contributed by atoms with Crippen LogP contribution in [0, 0.1) is 6.92 Å². The molecule has 0 aliphatic rings. The Bertz CT molecular complexity index is 891. The van der Waals surface area contributed by atoms with Crippen LogP contribution < -0.4 is 10.1 Å². The molecule has 1 amide bonds. The molecule has 0 aliphatic carbocycles. The van der Waals surface area contributed by atoms with E-state index in [0.717, 1.165) is 11.1 Å². The number of methoxy groups -OCH3 is 1. The van der Waals surface area contributed by atoms with Crippen LogP contribution in [0.1, 0.15) is 41.3 Å². The number of hydrogen-bond acceptors (Lipinski definition) is 6. The number of anilines is 1. The van der Waals surface area contributed by atoms with Gasteiger partial charge in [-0.05, 0) is 42.2 Å². The molecule has 2 aromatic carbocycles. The van der Waals surface area contributed by atoms with Crippen molar-refractivity contribution in [2.75, 3.05) is 25.6 Å². The molecule has 29 heavy (non-hydrogen) atoms. The Kier molecular flexibility index (Phi) is 7.77. The van der Waals surface area contributed by atoms with Gasteiger partial charge in [0.2, 0.25) is 0 Å². The van der Waals surface area contributed by atoms with Crippen LogP contribution in [-0.4, -0.2) is 38.2 Å². The lowest BCUT2D eigenvalue weighted by molar-refractivity contribution is -0.149. The normalized spacial score (nSPS) is 10.4. The molecule has 0 radical (unpaired) electrons. The second kappa shape index (κ2) is 10.3. The van der Waals surface area contributed by atoms with Crippen LogP contribution in [0.4, 0.5) is 5.69 Å². The van der Waals surface area contributed by atoms with Crippen molar-refractivity contribution >= 4 is 23.5 Å². The smallest absolute Gasteiger partial charge is 0.344 e. The van der Waals surface area contributed by atoms with Gasteiger partial charge in [0, 0.05) is 5.69 Å². The number of para-hydroxylation sites is 1. The highest BCUT2D eigenvalue weighted by atomic mass is 16.6. The lowest BCUT2D eigenvalue weighted by atomic mass is 10.0. The fourth-order valence-electron chi connectivity index (χ4n) is 2.60. The van der Waals surface area contributed by atoms with Crippen molar-refractivity contribution in [3.63, 3.8) is 0 Å². The van der Waals surface area contributed by atoms with Gasteiger partial charge in [-0.2, -0.15) is 0 Å². The van der Waals surface area contributed by atoms with Gasteiger partial charge in [-0.3, -0.25) is 4.79 Å². The maximum atomic E-state index is 12.1. The molecule has 0 heterocycles. The summed E-state index contributed by atoms with van der Waals surface area (Å²) in [6.45, 7) is 5.08. The lowest BCUT2D eigenvalue weighted by Gasteiger charge is -2.13. The summed E-state index contributed by atoms with van der Waals surface area (Å²) in [5.41, 5.74) is 2.49. The van der Waals surface area contributed by atoms with E-state index in [1.54, 1.807) is 25.1 Å². The molecule has 2 rings (SSSR count). The summed E-state index contributed by atoms with van der Waals surface area (Å²) in [7, 11) is 1.28. The predicted octanol–water partition coefficient (Wildman–Crippen LogP) is 3.47. The lowest BCUT2D eigenvalue weighted by Crippen LogP contribution is -2.24. The van der Waals surface area contributed by atoms with E-state index in [9.17, 15) is 14.4 Å². The zero-order chi connectivity index (χ0) is 21.4. The first-order valence-electron chi connectivity index (χ1n) is 9.18.